The number of benzene rings is 2. The van der Waals surface area contributed by atoms with E-state index in [1.807, 2.05) is 0 Å². The fraction of sp³-hybridized carbons (Fsp3) is 0.300. The number of piperazine rings is 1. The minimum atomic E-state index is -3.66. The molecule has 7 nitrogen and oxygen atoms in total. The van der Waals surface area contributed by atoms with E-state index in [1.165, 1.54) is 46.8 Å². The molecule has 0 unspecified atom stereocenters. The minimum Gasteiger partial charge on any atom is -0.322 e. The van der Waals surface area contributed by atoms with Gasteiger partial charge < -0.3 is 4.90 Å². The number of carbonyl (C=O) groups is 2. The molecule has 2 amide bonds. The molecule has 158 valence electrons. The van der Waals surface area contributed by atoms with Crippen molar-refractivity contribution in [2.45, 2.75) is 17.4 Å². The molecule has 4 rings (SSSR count). The number of anilines is 1. The smallest absolute Gasteiger partial charge is 0.292 e. The van der Waals surface area contributed by atoms with Gasteiger partial charge in [-0.1, -0.05) is 23.7 Å². The Hall–Kier alpha value is -2.33. The zero-order valence-corrected chi connectivity index (χ0v) is 17.5. The molecule has 2 fully saturated rings. The van der Waals surface area contributed by atoms with Crippen molar-refractivity contribution < 1.29 is 27.3 Å². The quantitative estimate of drug-likeness (QED) is 0.693. The number of amides is 2. The Bertz CT molecular complexity index is 1090. The zero-order chi connectivity index (χ0) is 21.5. The highest BCUT2D eigenvalue weighted by Gasteiger charge is 2.47. The SMILES string of the molecule is O=C1C[C@@H]([NH+]2CCN(S(=O)(=O)c3ccc(Cl)cc3)CC2)C(=O)N1c1ccccc1F. The first-order valence-corrected chi connectivity index (χ1v) is 11.3. The monoisotopic (exact) mass is 452 g/mol. The van der Waals surface area contributed by atoms with Gasteiger partial charge in [-0.2, -0.15) is 4.31 Å². The Balaban J connectivity index is 1.46. The standard InChI is InChI=1S/C20H19ClFN3O4S/c21-14-5-7-15(8-6-14)30(28,29)24-11-9-23(10-12-24)18-13-19(26)25(20(18)27)17-4-2-1-3-16(17)22/h1-8,18H,9-13H2/p+1/t18-/m1/s1. The second-order valence-corrected chi connectivity index (χ2v) is 9.67. The lowest BCUT2D eigenvalue weighted by molar-refractivity contribution is -0.918. The molecule has 2 aromatic carbocycles. The molecule has 0 aromatic heterocycles. The van der Waals surface area contributed by atoms with Crippen molar-refractivity contribution in [2.75, 3.05) is 31.1 Å². The largest absolute Gasteiger partial charge is 0.322 e. The van der Waals surface area contributed by atoms with Crippen LogP contribution in [-0.2, 0) is 19.6 Å². The van der Waals surface area contributed by atoms with E-state index in [0.29, 0.717) is 18.1 Å². The number of hydrogen-bond donors (Lipinski definition) is 1. The normalized spacial score (nSPS) is 21.4. The first-order chi connectivity index (χ1) is 14.3. The lowest BCUT2D eigenvalue weighted by Gasteiger charge is -2.33. The number of hydrogen-bond acceptors (Lipinski definition) is 4. The summed E-state index contributed by atoms with van der Waals surface area (Å²) in [7, 11) is -3.66. The van der Waals surface area contributed by atoms with Gasteiger partial charge in [0.2, 0.25) is 15.9 Å². The van der Waals surface area contributed by atoms with Gasteiger partial charge in [-0.05, 0) is 36.4 Å². The Morgan fingerprint density at radius 1 is 1.00 bits per heavy atom. The molecule has 0 aliphatic carbocycles. The number of imide groups is 1. The molecule has 0 spiro atoms. The molecule has 2 aromatic rings. The summed E-state index contributed by atoms with van der Waals surface area (Å²) < 4.78 is 41.1. The van der Waals surface area contributed by atoms with Gasteiger partial charge in [0, 0.05) is 5.02 Å². The van der Waals surface area contributed by atoms with Crippen LogP contribution < -0.4 is 9.80 Å². The summed E-state index contributed by atoms with van der Waals surface area (Å²) in [6.45, 7) is 1.19. The molecular formula is C20H20ClFN3O4S+. The molecule has 0 saturated carbocycles. The van der Waals surface area contributed by atoms with E-state index in [1.54, 1.807) is 6.07 Å². The third-order valence-electron chi connectivity index (χ3n) is 5.55. The molecule has 2 saturated heterocycles. The molecular weight excluding hydrogens is 433 g/mol. The summed E-state index contributed by atoms with van der Waals surface area (Å²) in [6, 6.07) is 11.0. The highest BCUT2D eigenvalue weighted by Crippen LogP contribution is 2.25. The average Bonchev–Trinajstić information content (AvgIpc) is 3.03. The second kappa shape index (κ2) is 8.07. The molecule has 0 bridgehead atoms. The first kappa shape index (κ1) is 20.9. The highest BCUT2D eigenvalue weighted by molar-refractivity contribution is 7.89. The summed E-state index contributed by atoms with van der Waals surface area (Å²) in [5, 5.41) is 0.451. The Labute approximate surface area is 178 Å². The number of halogens is 2. The van der Waals surface area contributed by atoms with Crippen molar-refractivity contribution >= 4 is 39.1 Å². The number of rotatable bonds is 4. The fourth-order valence-electron chi connectivity index (χ4n) is 3.95. The molecule has 0 radical (unpaired) electrons. The van der Waals surface area contributed by atoms with Crippen LogP contribution in [0.15, 0.2) is 53.4 Å². The van der Waals surface area contributed by atoms with Crippen LogP contribution in [0.4, 0.5) is 10.1 Å². The van der Waals surface area contributed by atoms with Gasteiger partial charge in [-0.25, -0.2) is 17.7 Å². The Morgan fingerprint density at radius 3 is 2.27 bits per heavy atom. The topological polar surface area (TPSA) is 79.2 Å². The van der Waals surface area contributed by atoms with Crippen LogP contribution in [0.3, 0.4) is 0 Å². The molecule has 1 N–H and O–H groups in total. The maximum Gasteiger partial charge on any atom is 0.292 e. The van der Waals surface area contributed by atoms with Crippen molar-refractivity contribution in [3.05, 3.63) is 59.4 Å². The molecule has 30 heavy (non-hydrogen) atoms. The lowest BCUT2D eigenvalue weighted by Crippen LogP contribution is -3.19. The molecule has 10 heteroatoms. The van der Waals surface area contributed by atoms with Gasteiger partial charge >= 0.3 is 0 Å². The van der Waals surface area contributed by atoms with Crippen LogP contribution in [0.1, 0.15) is 6.42 Å². The van der Waals surface area contributed by atoms with Gasteiger partial charge in [0.1, 0.15) is 5.82 Å². The predicted molar refractivity (Wildman–Crippen MR) is 108 cm³/mol. The number of nitrogens with one attached hydrogen (secondary N) is 1. The van der Waals surface area contributed by atoms with E-state index in [-0.39, 0.29) is 30.1 Å². The van der Waals surface area contributed by atoms with Gasteiger partial charge in [0.25, 0.3) is 5.91 Å². The van der Waals surface area contributed by atoms with Crippen LogP contribution in [0.5, 0.6) is 0 Å². The van der Waals surface area contributed by atoms with Gasteiger partial charge in [-0.3, -0.25) is 9.59 Å². The van der Waals surface area contributed by atoms with Crippen molar-refractivity contribution in [3.8, 4) is 0 Å². The molecule has 2 heterocycles. The number of carbonyl (C=O) groups excluding carboxylic acids is 2. The predicted octanol–water partition coefficient (Wildman–Crippen LogP) is 0.700. The van der Waals surface area contributed by atoms with Crippen LogP contribution >= 0.6 is 11.6 Å². The van der Waals surface area contributed by atoms with E-state index in [2.05, 4.69) is 0 Å². The summed E-state index contributed by atoms with van der Waals surface area (Å²) in [5.41, 5.74) is -0.0432. The number of nitrogens with zero attached hydrogens (tertiary/aromatic N) is 2. The summed E-state index contributed by atoms with van der Waals surface area (Å²) in [4.78, 5) is 27.2. The zero-order valence-electron chi connectivity index (χ0n) is 15.9. The minimum absolute atomic E-state index is 0.0214. The van der Waals surface area contributed by atoms with Crippen molar-refractivity contribution in [1.82, 2.24) is 4.31 Å². The van der Waals surface area contributed by atoms with Crippen molar-refractivity contribution in [3.63, 3.8) is 0 Å². The number of para-hydroxylation sites is 1. The van der Waals surface area contributed by atoms with E-state index < -0.39 is 33.7 Å². The van der Waals surface area contributed by atoms with Gasteiger partial charge in [-0.15, -0.1) is 0 Å². The molecule has 2 aliphatic rings. The molecule has 2 aliphatic heterocycles. The first-order valence-electron chi connectivity index (χ1n) is 9.50. The molecule has 1 atom stereocenters. The summed E-state index contributed by atoms with van der Waals surface area (Å²) in [6.07, 6.45) is -0.0214. The third-order valence-corrected chi connectivity index (χ3v) is 7.71. The Kier molecular flexibility index (Phi) is 5.63. The van der Waals surface area contributed by atoms with Crippen LogP contribution in [0.2, 0.25) is 5.02 Å². The summed E-state index contributed by atoms with van der Waals surface area (Å²) >= 11 is 5.83. The number of quaternary nitrogens is 1. The van der Waals surface area contributed by atoms with E-state index in [4.69, 9.17) is 11.6 Å². The van der Waals surface area contributed by atoms with Crippen LogP contribution in [0.25, 0.3) is 0 Å². The maximum absolute atomic E-state index is 14.1. The summed E-state index contributed by atoms with van der Waals surface area (Å²) in [5.74, 6) is -1.53. The van der Waals surface area contributed by atoms with E-state index >= 15 is 0 Å². The highest BCUT2D eigenvalue weighted by atomic mass is 35.5. The lowest BCUT2D eigenvalue weighted by atomic mass is 10.2. The second-order valence-electron chi connectivity index (χ2n) is 7.29. The fourth-order valence-corrected chi connectivity index (χ4v) is 5.52. The Morgan fingerprint density at radius 2 is 1.63 bits per heavy atom. The van der Waals surface area contributed by atoms with E-state index in [9.17, 15) is 22.4 Å². The van der Waals surface area contributed by atoms with E-state index in [0.717, 1.165) is 9.80 Å². The van der Waals surface area contributed by atoms with Crippen molar-refractivity contribution in [2.24, 2.45) is 0 Å². The average molecular weight is 453 g/mol. The maximum atomic E-state index is 14.1. The van der Waals surface area contributed by atoms with Crippen LogP contribution in [-0.4, -0.2) is 56.8 Å². The van der Waals surface area contributed by atoms with Crippen molar-refractivity contribution in [1.29, 1.82) is 0 Å². The van der Waals surface area contributed by atoms with Crippen LogP contribution in [0, 0.1) is 5.82 Å². The van der Waals surface area contributed by atoms with Gasteiger partial charge in [0.05, 0.1) is 43.2 Å². The van der Waals surface area contributed by atoms with Gasteiger partial charge in [0.15, 0.2) is 6.04 Å². The third kappa shape index (κ3) is 3.74. The number of sulfonamides is 1.